The predicted molar refractivity (Wildman–Crippen MR) is 65.4 cm³/mol. The summed E-state index contributed by atoms with van der Waals surface area (Å²) in [6.45, 7) is 1.29. The first kappa shape index (κ1) is 12.0. The summed E-state index contributed by atoms with van der Waals surface area (Å²) in [5.74, 6) is -0.678. The monoisotopic (exact) mass is 248 g/mol. The summed E-state index contributed by atoms with van der Waals surface area (Å²) >= 11 is 0. The molecule has 0 aliphatic carbocycles. The number of benzene rings is 1. The van der Waals surface area contributed by atoms with Crippen LogP contribution < -0.4 is 10.5 Å². The molecule has 0 spiro atoms. The van der Waals surface area contributed by atoms with Gasteiger partial charge in [-0.15, -0.1) is 0 Å². The van der Waals surface area contributed by atoms with Crippen LogP contribution >= 0.6 is 0 Å². The summed E-state index contributed by atoms with van der Waals surface area (Å²) in [5.41, 5.74) is 6.93. The summed E-state index contributed by atoms with van der Waals surface area (Å²) < 4.78 is 9.64. The fourth-order valence-corrected chi connectivity index (χ4v) is 1.69. The molecule has 0 amide bonds. The van der Waals surface area contributed by atoms with Crippen LogP contribution in [0.4, 0.5) is 5.69 Å². The second-order valence-electron chi connectivity index (χ2n) is 3.75. The van der Waals surface area contributed by atoms with E-state index in [9.17, 15) is 9.59 Å². The molecule has 1 heterocycles. The van der Waals surface area contributed by atoms with Crippen LogP contribution in [0.3, 0.4) is 0 Å². The molecule has 0 aliphatic rings. The molecule has 6 nitrogen and oxygen atoms in total. The molecule has 0 fully saturated rings. The average Bonchev–Trinajstić information content (AvgIpc) is 2.70. The fraction of sp³-hybridized carbons (Fsp3) is 0.167. The van der Waals surface area contributed by atoms with E-state index in [1.165, 1.54) is 20.1 Å². The third kappa shape index (κ3) is 2.13. The van der Waals surface area contributed by atoms with Gasteiger partial charge in [-0.3, -0.25) is 4.79 Å². The Morgan fingerprint density at radius 3 is 2.61 bits per heavy atom. The number of ether oxygens (including phenoxy) is 2. The molecule has 2 aromatic rings. The molecule has 0 saturated carbocycles. The topological polar surface area (TPSA) is 94.4 Å². The highest BCUT2D eigenvalue weighted by Crippen LogP contribution is 2.29. The Morgan fingerprint density at radius 2 is 2.00 bits per heavy atom. The van der Waals surface area contributed by atoms with E-state index in [2.05, 4.69) is 9.72 Å². The van der Waals surface area contributed by atoms with E-state index in [1.807, 2.05) is 0 Å². The predicted octanol–water partition coefficient (Wildman–Crippen LogP) is 1.46. The van der Waals surface area contributed by atoms with Crippen molar-refractivity contribution in [2.45, 2.75) is 6.92 Å². The first-order chi connectivity index (χ1) is 8.51. The van der Waals surface area contributed by atoms with Gasteiger partial charge in [-0.25, -0.2) is 4.79 Å². The van der Waals surface area contributed by atoms with Crippen LogP contribution in [0.1, 0.15) is 17.4 Å². The highest BCUT2D eigenvalue weighted by Gasteiger charge is 2.14. The fourth-order valence-electron chi connectivity index (χ4n) is 1.69. The number of nitrogens with one attached hydrogen (secondary N) is 1. The minimum atomic E-state index is -0.501. The molecule has 0 unspecified atom stereocenters. The van der Waals surface area contributed by atoms with Crippen molar-refractivity contribution in [2.75, 3.05) is 12.8 Å². The van der Waals surface area contributed by atoms with Gasteiger partial charge in [0.1, 0.15) is 5.69 Å². The molecule has 1 aromatic heterocycles. The van der Waals surface area contributed by atoms with Gasteiger partial charge in [-0.2, -0.15) is 0 Å². The third-order valence-corrected chi connectivity index (χ3v) is 2.37. The normalized spacial score (nSPS) is 10.3. The maximum absolute atomic E-state index is 11.4. The molecule has 0 bridgehead atoms. The zero-order valence-electron chi connectivity index (χ0n) is 9.94. The number of fused-ring (bicyclic) bond motifs is 1. The summed E-state index contributed by atoms with van der Waals surface area (Å²) in [4.78, 5) is 25.2. The van der Waals surface area contributed by atoms with Crippen LogP contribution in [0.25, 0.3) is 10.9 Å². The molecule has 94 valence electrons. The summed E-state index contributed by atoms with van der Waals surface area (Å²) in [5, 5.41) is 0.673. The van der Waals surface area contributed by atoms with Crippen LogP contribution in [0.15, 0.2) is 18.2 Å². The smallest absolute Gasteiger partial charge is 0.354 e. The lowest BCUT2D eigenvalue weighted by Crippen LogP contribution is -2.03. The van der Waals surface area contributed by atoms with Gasteiger partial charge >= 0.3 is 11.9 Å². The minimum absolute atomic E-state index is 0.270. The molecule has 0 radical (unpaired) electrons. The van der Waals surface area contributed by atoms with E-state index < -0.39 is 11.9 Å². The molecular formula is C12H12N2O4. The van der Waals surface area contributed by atoms with E-state index in [4.69, 9.17) is 10.5 Å². The van der Waals surface area contributed by atoms with Gasteiger partial charge < -0.3 is 20.2 Å². The van der Waals surface area contributed by atoms with Crippen LogP contribution in [-0.2, 0) is 9.53 Å². The molecule has 18 heavy (non-hydrogen) atoms. The number of carbonyl (C=O) groups excluding carboxylic acids is 2. The third-order valence-electron chi connectivity index (χ3n) is 2.37. The summed E-state index contributed by atoms with van der Waals surface area (Å²) in [6, 6.07) is 4.77. The van der Waals surface area contributed by atoms with Crippen molar-refractivity contribution in [3.63, 3.8) is 0 Å². The van der Waals surface area contributed by atoms with E-state index >= 15 is 0 Å². The largest absolute Gasteiger partial charge is 0.464 e. The number of nitrogens with two attached hydrogens (primary N) is 1. The Labute approximate surface area is 103 Å². The number of hydrogen-bond acceptors (Lipinski definition) is 5. The molecule has 0 saturated heterocycles. The number of carbonyl (C=O) groups is 2. The lowest BCUT2D eigenvalue weighted by Gasteiger charge is -2.04. The van der Waals surface area contributed by atoms with Crippen LogP contribution in [0.5, 0.6) is 5.75 Å². The second kappa shape index (κ2) is 4.40. The van der Waals surface area contributed by atoms with Gasteiger partial charge in [0.25, 0.3) is 0 Å². The van der Waals surface area contributed by atoms with Gasteiger partial charge in [0, 0.05) is 24.1 Å². The van der Waals surface area contributed by atoms with Gasteiger partial charge in [0.15, 0.2) is 5.75 Å². The van der Waals surface area contributed by atoms with Crippen molar-refractivity contribution >= 4 is 28.5 Å². The number of H-pyrrole nitrogens is 1. The van der Waals surface area contributed by atoms with E-state index in [0.29, 0.717) is 16.6 Å². The maximum Gasteiger partial charge on any atom is 0.354 e. The summed E-state index contributed by atoms with van der Waals surface area (Å²) in [7, 11) is 1.29. The molecule has 6 heteroatoms. The zero-order chi connectivity index (χ0) is 13.3. The number of esters is 2. The van der Waals surface area contributed by atoms with Crippen molar-refractivity contribution in [3.05, 3.63) is 23.9 Å². The van der Waals surface area contributed by atoms with Crippen molar-refractivity contribution in [1.82, 2.24) is 4.98 Å². The van der Waals surface area contributed by atoms with Crippen molar-refractivity contribution in [2.24, 2.45) is 0 Å². The van der Waals surface area contributed by atoms with Gasteiger partial charge in [0.05, 0.1) is 12.6 Å². The maximum atomic E-state index is 11.4. The van der Waals surface area contributed by atoms with Crippen molar-refractivity contribution in [1.29, 1.82) is 0 Å². The number of nitrogen functional groups attached to an aromatic ring is 1. The number of anilines is 1. The highest BCUT2D eigenvalue weighted by molar-refractivity contribution is 5.98. The van der Waals surface area contributed by atoms with E-state index in [-0.39, 0.29) is 11.4 Å². The van der Waals surface area contributed by atoms with Crippen LogP contribution in [-0.4, -0.2) is 24.0 Å². The van der Waals surface area contributed by atoms with Crippen LogP contribution in [0.2, 0.25) is 0 Å². The van der Waals surface area contributed by atoms with Gasteiger partial charge in [-0.05, 0) is 12.1 Å². The Balaban J connectivity index is 2.59. The Morgan fingerprint density at radius 1 is 1.28 bits per heavy atom. The molecule has 3 N–H and O–H groups in total. The lowest BCUT2D eigenvalue weighted by atomic mass is 10.2. The van der Waals surface area contributed by atoms with Gasteiger partial charge in [-0.1, -0.05) is 0 Å². The van der Waals surface area contributed by atoms with E-state index in [1.54, 1.807) is 12.1 Å². The quantitative estimate of drug-likeness (QED) is 0.476. The van der Waals surface area contributed by atoms with E-state index in [0.717, 1.165) is 0 Å². The number of aromatic nitrogens is 1. The molecule has 1 aromatic carbocycles. The standard InChI is InChI=1S/C12H12N2O4/c1-6(15)18-10-5-8(13)3-7-4-9(12(16)17-2)14-11(7)10/h3-5,14H,13H2,1-2H3. The highest BCUT2D eigenvalue weighted by atomic mass is 16.5. The zero-order valence-corrected chi connectivity index (χ0v) is 9.94. The number of methoxy groups -OCH3 is 1. The van der Waals surface area contributed by atoms with Gasteiger partial charge in [0.2, 0.25) is 0 Å². The second-order valence-corrected chi connectivity index (χ2v) is 3.75. The SMILES string of the molecule is COC(=O)c1cc2cc(N)cc(OC(C)=O)c2[nH]1. The molecule has 2 rings (SSSR count). The number of rotatable bonds is 2. The molecule has 0 atom stereocenters. The summed E-state index contributed by atoms with van der Waals surface area (Å²) in [6.07, 6.45) is 0. The van der Waals surface area contributed by atoms with Crippen LogP contribution in [0, 0.1) is 0 Å². The lowest BCUT2D eigenvalue weighted by molar-refractivity contribution is -0.131. The Kier molecular flexibility index (Phi) is 2.93. The molecule has 0 aliphatic heterocycles. The first-order valence-electron chi connectivity index (χ1n) is 5.20. The Bertz CT molecular complexity index is 630. The molecular weight excluding hydrogens is 236 g/mol. The first-order valence-corrected chi connectivity index (χ1v) is 5.20. The van der Waals surface area contributed by atoms with Crippen molar-refractivity contribution < 1.29 is 19.1 Å². The number of aromatic amines is 1. The Hall–Kier alpha value is -2.50. The minimum Gasteiger partial charge on any atom is -0.464 e. The average molecular weight is 248 g/mol. The van der Waals surface area contributed by atoms with Crippen molar-refractivity contribution in [3.8, 4) is 5.75 Å². The number of hydrogen-bond donors (Lipinski definition) is 2.